The lowest BCUT2D eigenvalue weighted by atomic mass is 9.95. The molecule has 0 aromatic carbocycles. The van der Waals surface area contributed by atoms with Gasteiger partial charge in [0.2, 0.25) is 0 Å². The molecule has 20 heavy (non-hydrogen) atoms. The number of hydrazine groups is 1. The van der Waals surface area contributed by atoms with Crippen molar-refractivity contribution in [3.63, 3.8) is 0 Å². The maximum Gasteiger partial charge on any atom is 0.148 e. The molecule has 1 aromatic rings. The van der Waals surface area contributed by atoms with Gasteiger partial charge in [0.1, 0.15) is 17.5 Å². The van der Waals surface area contributed by atoms with E-state index in [4.69, 9.17) is 15.6 Å². The fourth-order valence-corrected chi connectivity index (χ4v) is 2.40. The third kappa shape index (κ3) is 2.86. The molecule has 112 valence electrons. The molecule has 1 atom stereocenters. The van der Waals surface area contributed by atoms with E-state index in [1.165, 1.54) is 0 Å². The normalized spacial score (nSPS) is 19.5. The van der Waals surface area contributed by atoms with Crippen molar-refractivity contribution in [3.05, 3.63) is 11.4 Å². The van der Waals surface area contributed by atoms with Gasteiger partial charge >= 0.3 is 0 Å². The number of rotatable bonds is 3. The van der Waals surface area contributed by atoms with Gasteiger partial charge in [-0.1, -0.05) is 20.8 Å². The molecule has 0 bridgehead atoms. The van der Waals surface area contributed by atoms with Crippen molar-refractivity contribution in [2.45, 2.75) is 45.6 Å². The van der Waals surface area contributed by atoms with E-state index < -0.39 is 0 Å². The smallest absolute Gasteiger partial charge is 0.148 e. The number of aromatic nitrogens is 2. The Kier molecular flexibility index (Phi) is 4.15. The Morgan fingerprint density at radius 1 is 1.35 bits per heavy atom. The maximum atomic E-state index is 5.60. The highest BCUT2D eigenvalue weighted by molar-refractivity contribution is 5.59. The molecule has 1 unspecified atom stereocenters. The molecule has 0 aliphatic carbocycles. The fraction of sp³-hybridized carbons (Fsp3) is 0.714. The average Bonchev–Trinajstić information content (AvgIpc) is 2.86. The zero-order valence-electron chi connectivity index (χ0n) is 13.0. The molecule has 0 saturated carbocycles. The van der Waals surface area contributed by atoms with Crippen LogP contribution >= 0.6 is 0 Å². The first kappa shape index (κ1) is 15.0. The fourth-order valence-electron chi connectivity index (χ4n) is 2.40. The summed E-state index contributed by atoms with van der Waals surface area (Å²) in [5.74, 6) is 8.05. The Morgan fingerprint density at radius 3 is 2.55 bits per heavy atom. The summed E-state index contributed by atoms with van der Waals surface area (Å²) in [6, 6.07) is 0. The van der Waals surface area contributed by atoms with Gasteiger partial charge in [-0.15, -0.1) is 0 Å². The molecular formula is C14H25N5O. The van der Waals surface area contributed by atoms with Crippen molar-refractivity contribution in [2.75, 3.05) is 30.5 Å². The van der Waals surface area contributed by atoms with Crippen LogP contribution in [-0.4, -0.2) is 36.3 Å². The molecule has 0 radical (unpaired) electrons. The van der Waals surface area contributed by atoms with Crippen molar-refractivity contribution >= 4 is 11.6 Å². The van der Waals surface area contributed by atoms with Crippen LogP contribution in [0.2, 0.25) is 0 Å². The molecule has 6 nitrogen and oxygen atoms in total. The van der Waals surface area contributed by atoms with Gasteiger partial charge in [0.15, 0.2) is 0 Å². The third-order valence-electron chi connectivity index (χ3n) is 3.71. The van der Waals surface area contributed by atoms with Crippen LogP contribution in [0.1, 0.15) is 38.6 Å². The minimum Gasteiger partial charge on any atom is -0.380 e. The van der Waals surface area contributed by atoms with Crippen LogP contribution in [-0.2, 0) is 10.2 Å². The van der Waals surface area contributed by atoms with E-state index in [0.717, 1.165) is 36.7 Å². The lowest BCUT2D eigenvalue weighted by molar-refractivity contribution is 0.121. The summed E-state index contributed by atoms with van der Waals surface area (Å²) in [4.78, 5) is 11.5. The highest BCUT2D eigenvalue weighted by Crippen LogP contribution is 2.30. The Hall–Kier alpha value is -1.40. The van der Waals surface area contributed by atoms with Crippen LogP contribution < -0.4 is 16.2 Å². The number of hydrogen-bond acceptors (Lipinski definition) is 6. The van der Waals surface area contributed by atoms with Gasteiger partial charge in [0.05, 0.1) is 6.10 Å². The average molecular weight is 279 g/mol. The van der Waals surface area contributed by atoms with Crippen molar-refractivity contribution < 1.29 is 4.74 Å². The molecule has 3 N–H and O–H groups in total. The number of nitrogens with one attached hydrogen (secondary N) is 1. The van der Waals surface area contributed by atoms with Crippen molar-refractivity contribution in [1.29, 1.82) is 0 Å². The van der Waals surface area contributed by atoms with Gasteiger partial charge in [-0.3, -0.25) is 0 Å². The lowest BCUT2D eigenvalue weighted by Gasteiger charge is -2.25. The molecule has 1 fully saturated rings. The van der Waals surface area contributed by atoms with Gasteiger partial charge in [0.25, 0.3) is 0 Å². The number of nitrogen functional groups attached to an aromatic ring is 1. The summed E-state index contributed by atoms with van der Waals surface area (Å²) in [6.45, 7) is 10.1. The zero-order chi connectivity index (χ0) is 14.9. The van der Waals surface area contributed by atoms with Crippen LogP contribution in [0.25, 0.3) is 0 Å². The third-order valence-corrected chi connectivity index (χ3v) is 3.71. The monoisotopic (exact) mass is 279 g/mol. The number of hydrogen-bond donors (Lipinski definition) is 2. The van der Waals surface area contributed by atoms with E-state index >= 15 is 0 Å². The van der Waals surface area contributed by atoms with Crippen molar-refractivity contribution in [2.24, 2.45) is 5.84 Å². The van der Waals surface area contributed by atoms with Crippen LogP contribution in [0.4, 0.5) is 11.6 Å². The second-order valence-corrected chi connectivity index (χ2v) is 6.33. The first-order chi connectivity index (χ1) is 9.36. The van der Waals surface area contributed by atoms with Crippen LogP contribution in [0.15, 0.2) is 0 Å². The first-order valence-corrected chi connectivity index (χ1v) is 7.00. The predicted molar refractivity (Wildman–Crippen MR) is 80.9 cm³/mol. The topological polar surface area (TPSA) is 76.3 Å². The number of anilines is 2. The summed E-state index contributed by atoms with van der Waals surface area (Å²) in [5, 5.41) is 0. The molecule has 0 spiro atoms. The number of ether oxygens (including phenoxy) is 1. The molecule has 1 aliphatic rings. The Bertz CT molecular complexity index is 483. The minimum absolute atomic E-state index is 0.117. The van der Waals surface area contributed by atoms with Gasteiger partial charge in [-0.25, -0.2) is 15.8 Å². The largest absolute Gasteiger partial charge is 0.380 e. The first-order valence-electron chi connectivity index (χ1n) is 7.00. The Balaban J connectivity index is 2.41. The second-order valence-electron chi connectivity index (χ2n) is 6.33. The Morgan fingerprint density at radius 2 is 2.05 bits per heavy atom. The van der Waals surface area contributed by atoms with Crippen LogP contribution in [0.5, 0.6) is 0 Å². The number of nitrogens with two attached hydrogens (primary N) is 1. The summed E-state index contributed by atoms with van der Waals surface area (Å²) in [7, 11) is 1.76. The summed E-state index contributed by atoms with van der Waals surface area (Å²) in [6.07, 6.45) is 1.30. The summed E-state index contributed by atoms with van der Waals surface area (Å²) < 4.78 is 5.43. The van der Waals surface area contributed by atoms with E-state index in [0.29, 0.717) is 5.82 Å². The molecule has 6 heteroatoms. The van der Waals surface area contributed by atoms with Crippen LogP contribution in [0.3, 0.4) is 0 Å². The standard InChI is InChI=1S/C14H25N5O/c1-9-11(18-15)16-13(14(2,3)4)17-12(9)19-7-6-10(8-19)20-5/h10H,6-8,15H2,1-5H3,(H,16,17,18). The predicted octanol–water partition coefficient (Wildman–Crippen LogP) is 1.59. The highest BCUT2D eigenvalue weighted by Gasteiger charge is 2.28. The molecule has 2 heterocycles. The molecule has 0 amide bonds. The molecule has 1 aromatic heterocycles. The summed E-state index contributed by atoms with van der Waals surface area (Å²) >= 11 is 0. The summed E-state index contributed by atoms with van der Waals surface area (Å²) in [5.41, 5.74) is 3.55. The quantitative estimate of drug-likeness (QED) is 0.646. The van der Waals surface area contributed by atoms with Crippen LogP contribution in [0, 0.1) is 6.92 Å². The van der Waals surface area contributed by atoms with Crippen molar-refractivity contribution in [3.8, 4) is 0 Å². The van der Waals surface area contributed by atoms with E-state index in [1.54, 1.807) is 7.11 Å². The van der Waals surface area contributed by atoms with Crippen molar-refractivity contribution in [1.82, 2.24) is 9.97 Å². The minimum atomic E-state index is -0.117. The number of nitrogens with zero attached hydrogens (tertiary/aromatic N) is 3. The highest BCUT2D eigenvalue weighted by atomic mass is 16.5. The second kappa shape index (κ2) is 5.54. The molecule has 2 rings (SSSR count). The number of methoxy groups -OCH3 is 1. The SMILES string of the molecule is COC1CCN(c2nc(C(C)(C)C)nc(NN)c2C)C1. The zero-order valence-corrected chi connectivity index (χ0v) is 13.0. The van der Waals surface area contributed by atoms with E-state index in [-0.39, 0.29) is 11.5 Å². The van der Waals surface area contributed by atoms with Gasteiger partial charge in [0, 0.05) is 31.2 Å². The van der Waals surface area contributed by atoms with Gasteiger partial charge in [-0.05, 0) is 13.3 Å². The van der Waals surface area contributed by atoms with E-state index in [9.17, 15) is 0 Å². The van der Waals surface area contributed by atoms with Gasteiger partial charge < -0.3 is 15.1 Å². The van der Waals surface area contributed by atoms with E-state index in [2.05, 4.69) is 36.1 Å². The van der Waals surface area contributed by atoms with Gasteiger partial charge in [-0.2, -0.15) is 0 Å². The molecular weight excluding hydrogens is 254 g/mol. The van der Waals surface area contributed by atoms with E-state index in [1.807, 2.05) is 6.92 Å². The molecule has 1 aliphatic heterocycles. The Labute approximate surface area is 120 Å². The maximum absolute atomic E-state index is 5.60. The molecule has 1 saturated heterocycles. The lowest BCUT2D eigenvalue weighted by Crippen LogP contribution is -2.27.